The molecule has 3 aliphatic rings. The molecule has 126 valence electrons. The summed E-state index contributed by atoms with van der Waals surface area (Å²) in [6.45, 7) is 8.47. The smallest absolute Gasteiger partial charge is 0.165 e. The monoisotopic (exact) mass is 316 g/mol. The van der Waals surface area contributed by atoms with Gasteiger partial charge in [0.1, 0.15) is 12.2 Å². The number of aliphatic hydroxyl groups excluding tert-OH is 1. The van der Waals surface area contributed by atoms with Crippen LogP contribution in [0.4, 0.5) is 0 Å². The Labute approximate surface area is 139 Å². The first-order valence-corrected chi connectivity index (χ1v) is 8.98. The largest absolute Gasteiger partial charge is 0.504 e. The molecular formula is C20H28O3. The van der Waals surface area contributed by atoms with Crippen LogP contribution in [0.15, 0.2) is 24.3 Å². The number of phenols is 1. The summed E-state index contributed by atoms with van der Waals surface area (Å²) in [7, 11) is 0. The predicted molar refractivity (Wildman–Crippen MR) is 92.0 cm³/mol. The first-order valence-electron chi connectivity index (χ1n) is 8.98. The highest BCUT2D eigenvalue weighted by molar-refractivity contribution is 5.60. The third-order valence-corrected chi connectivity index (χ3v) is 5.68. The molecule has 1 unspecified atom stereocenters. The highest BCUT2D eigenvalue weighted by Crippen LogP contribution is 2.61. The summed E-state index contributed by atoms with van der Waals surface area (Å²) in [4.78, 5) is 0. The van der Waals surface area contributed by atoms with E-state index < -0.39 is 6.10 Å². The molecule has 0 bridgehead atoms. The minimum Gasteiger partial charge on any atom is -0.504 e. The van der Waals surface area contributed by atoms with Gasteiger partial charge in [-0.3, -0.25) is 0 Å². The molecule has 23 heavy (non-hydrogen) atoms. The second-order valence-corrected chi connectivity index (χ2v) is 6.86. The van der Waals surface area contributed by atoms with Crippen LogP contribution in [-0.2, 0) is 11.8 Å². The van der Waals surface area contributed by atoms with Crippen molar-refractivity contribution in [3.05, 3.63) is 35.4 Å². The zero-order valence-electron chi connectivity index (χ0n) is 14.5. The van der Waals surface area contributed by atoms with E-state index in [0.29, 0.717) is 17.6 Å². The molecule has 0 amide bonds. The second-order valence-electron chi connectivity index (χ2n) is 6.86. The maximum Gasteiger partial charge on any atom is 0.165 e. The van der Waals surface area contributed by atoms with Gasteiger partial charge in [-0.2, -0.15) is 0 Å². The Hall–Kier alpha value is -1.48. The van der Waals surface area contributed by atoms with Gasteiger partial charge in [0.15, 0.2) is 11.5 Å². The quantitative estimate of drug-likeness (QED) is 0.812. The summed E-state index contributed by atoms with van der Waals surface area (Å²) in [6.07, 6.45) is 6.24. The van der Waals surface area contributed by atoms with Crippen molar-refractivity contribution in [1.29, 1.82) is 0 Å². The molecule has 3 nitrogen and oxygen atoms in total. The molecule has 2 aliphatic carbocycles. The third kappa shape index (κ3) is 2.06. The van der Waals surface area contributed by atoms with Crippen molar-refractivity contribution in [3.8, 4) is 11.5 Å². The van der Waals surface area contributed by atoms with Crippen LogP contribution >= 0.6 is 0 Å². The Morgan fingerprint density at radius 3 is 2.70 bits per heavy atom. The standard InChI is InChI=1S/C18H22O3.C2H6/c1-3-8-18-12-5-7-14(20)17(18)21-16-13(19)6-4-11(15(16)18)9-10(12)2;1-2/h4-7,10,12,14,17,19-20H,3,8-9H2,1-2H3;1-2H3/t10-,12?,14+,17+,18+;/m1./s1. The Kier molecular flexibility index (Phi) is 4.18. The van der Waals surface area contributed by atoms with Gasteiger partial charge in [0.05, 0.1) is 0 Å². The molecule has 1 heterocycles. The van der Waals surface area contributed by atoms with Crippen LogP contribution in [0.1, 0.15) is 51.7 Å². The summed E-state index contributed by atoms with van der Waals surface area (Å²) >= 11 is 0. The van der Waals surface area contributed by atoms with E-state index >= 15 is 0 Å². The SMILES string of the molecule is CC.CCC[C@]12c3c4ccc(O)c3O[C@H]1[C@@H](O)C=CC2[C@H](C)C4. The maximum atomic E-state index is 10.5. The molecule has 0 spiro atoms. The molecule has 0 saturated heterocycles. The first kappa shape index (κ1) is 16.4. The summed E-state index contributed by atoms with van der Waals surface area (Å²) in [6, 6.07) is 3.77. The molecule has 4 rings (SSSR count). The average molecular weight is 316 g/mol. The van der Waals surface area contributed by atoms with Gasteiger partial charge in [0.2, 0.25) is 0 Å². The van der Waals surface area contributed by atoms with Gasteiger partial charge in [-0.25, -0.2) is 0 Å². The van der Waals surface area contributed by atoms with Crippen LogP contribution in [-0.4, -0.2) is 22.4 Å². The number of hydrogen-bond donors (Lipinski definition) is 2. The lowest BCUT2D eigenvalue weighted by Crippen LogP contribution is -2.55. The number of hydrogen-bond acceptors (Lipinski definition) is 3. The van der Waals surface area contributed by atoms with E-state index in [9.17, 15) is 10.2 Å². The van der Waals surface area contributed by atoms with Crippen molar-refractivity contribution in [2.24, 2.45) is 11.8 Å². The molecule has 2 N–H and O–H groups in total. The van der Waals surface area contributed by atoms with Crippen molar-refractivity contribution in [3.63, 3.8) is 0 Å². The topological polar surface area (TPSA) is 49.7 Å². The fourth-order valence-corrected chi connectivity index (χ4v) is 5.04. The summed E-state index contributed by atoms with van der Waals surface area (Å²) in [5, 5.41) is 20.7. The summed E-state index contributed by atoms with van der Waals surface area (Å²) in [5.41, 5.74) is 2.27. The van der Waals surface area contributed by atoms with Crippen LogP contribution in [0.2, 0.25) is 0 Å². The van der Waals surface area contributed by atoms with Gasteiger partial charge < -0.3 is 14.9 Å². The van der Waals surface area contributed by atoms with E-state index in [4.69, 9.17) is 4.74 Å². The van der Waals surface area contributed by atoms with Gasteiger partial charge in [-0.05, 0) is 36.3 Å². The number of allylic oxidation sites excluding steroid dienone is 1. The molecule has 0 radical (unpaired) electrons. The third-order valence-electron chi connectivity index (χ3n) is 5.68. The number of aromatic hydroxyl groups is 1. The van der Waals surface area contributed by atoms with Gasteiger partial charge in [-0.1, -0.05) is 52.3 Å². The molecule has 5 atom stereocenters. The van der Waals surface area contributed by atoms with Gasteiger partial charge in [-0.15, -0.1) is 0 Å². The number of aliphatic hydroxyl groups is 1. The minimum atomic E-state index is -0.599. The lowest BCUT2D eigenvalue weighted by atomic mass is 9.53. The zero-order valence-corrected chi connectivity index (χ0v) is 14.5. The molecule has 0 fully saturated rings. The maximum absolute atomic E-state index is 10.5. The van der Waals surface area contributed by atoms with Crippen molar-refractivity contribution in [2.75, 3.05) is 0 Å². The highest BCUT2D eigenvalue weighted by Gasteiger charge is 2.60. The lowest BCUT2D eigenvalue weighted by molar-refractivity contribution is -0.0106. The van der Waals surface area contributed by atoms with E-state index in [1.807, 2.05) is 26.0 Å². The fraction of sp³-hybridized carbons (Fsp3) is 0.600. The number of ether oxygens (including phenoxy) is 1. The predicted octanol–water partition coefficient (Wildman–Crippen LogP) is 3.96. The Balaban J connectivity index is 0.000000753. The first-order chi connectivity index (χ1) is 11.1. The van der Waals surface area contributed by atoms with E-state index in [0.717, 1.165) is 19.3 Å². The number of rotatable bonds is 2. The number of phenolic OH excluding ortho intramolecular Hbond substituents is 1. The van der Waals surface area contributed by atoms with Crippen LogP contribution < -0.4 is 4.74 Å². The highest BCUT2D eigenvalue weighted by atomic mass is 16.5. The summed E-state index contributed by atoms with van der Waals surface area (Å²) < 4.78 is 6.10. The van der Waals surface area contributed by atoms with Crippen molar-refractivity contribution in [2.45, 2.75) is 64.6 Å². The van der Waals surface area contributed by atoms with Crippen molar-refractivity contribution in [1.82, 2.24) is 0 Å². The Morgan fingerprint density at radius 1 is 1.26 bits per heavy atom. The minimum absolute atomic E-state index is 0.177. The normalized spacial score (nSPS) is 35.9. The molecule has 0 saturated carbocycles. The molecule has 1 aromatic rings. The molecular weight excluding hydrogens is 288 g/mol. The lowest BCUT2D eigenvalue weighted by Gasteiger charge is -2.49. The van der Waals surface area contributed by atoms with E-state index in [-0.39, 0.29) is 17.3 Å². The van der Waals surface area contributed by atoms with Gasteiger partial charge >= 0.3 is 0 Å². The van der Waals surface area contributed by atoms with Crippen LogP contribution in [0.3, 0.4) is 0 Å². The van der Waals surface area contributed by atoms with Crippen LogP contribution in [0, 0.1) is 11.8 Å². The fourth-order valence-electron chi connectivity index (χ4n) is 5.04. The molecule has 1 aromatic carbocycles. The Bertz CT molecular complexity index is 622. The van der Waals surface area contributed by atoms with Gasteiger partial charge in [0.25, 0.3) is 0 Å². The van der Waals surface area contributed by atoms with Gasteiger partial charge in [0, 0.05) is 11.0 Å². The van der Waals surface area contributed by atoms with E-state index in [1.54, 1.807) is 6.07 Å². The second kappa shape index (κ2) is 5.86. The van der Waals surface area contributed by atoms with Crippen molar-refractivity contribution >= 4 is 0 Å². The Morgan fingerprint density at radius 2 is 2.00 bits per heavy atom. The molecule has 1 aliphatic heterocycles. The molecule has 0 aromatic heterocycles. The zero-order chi connectivity index (χ0) is 16.8. The van der Waals surface area contributed by atoms with E-state index in [1.165, 1.54) is 11.1 Å². The van der Waals surface area contributed by atoms with Crippen LogP contribution in [0.5, 0.6) is 11.5 Å². The summed E-state index contributed by atoms with van der Waals surface area (Å²) in [5.74, 6) is 1.72. The van der Waals surface area contributed by atoms with E-state index in [2.05, 4.69) is 19.9 Å². The van der Waals surface area contributed by atoms with Crippen molar-refractivity contribution < 1.29 is 14.9 Å². The van der Waals surface area contributed by atoms with Crippen LogP contribution in [0.25, 0.3) is 0 Å². The average Bonchev–Trinajstić information content (AvgIpc) is 2.90. The molecule has 3 heteroatoms. The number of benzene rings is 1.